The summed E-state index contributed by atoms with van der Waals surface area (Å²) in [4.78, 5) is 42.8. The summed E-state index contributed by atoms with van der Waals surface area (Å²) >= 11 is 0. The van der Waals surface area contributed by atoms with Gasteiger partial charge in [0.2, 0.25) is 5.91 Å². The molecule has 0 aromatic heterocycles. The zero-order valence-electron chi connectivity index (χ0n) is 17.4. The highest BCUT2D eigenvalue weighted by Gasteiger charge is 2.46. The number of hydrogen-bond acceptors (Lipinski definition) is 3. The summed E-state index contributed by atoms with van der Waals surface area (Å²) in [6.45, 7) is 1.98. The number of anilines is 1. The standard InChI is InChI=1S/C25H28N2O3/c1-18-13-15-19(16-14-18)24(29)26(20-9-5-2-3-6-10-20)22-17-23(28)27(25(22)30)21-11-7-4-8-12-21/h4,7-8,11-16,20,22H,2-3,5-6,9-10,17H2,1H3. The lowest BCUT2D eigenvalue weighted by molar-refractivity contribution is -0.123. The largest absolute Gasteiger partial charge is 0.323 e. The minimum Gasteiger partial charge on any atom is -0.323 e. The lowest BCUT2D eigenvalue weighted by Crippen LogP contribution is -2.50. The Morgan fingerprint density at radius 1 is 0.900 bits per heavy atom. The molecule has 1 unspecified atom stereocenters. The minimum absolute atomic E-state index is 0.0150. The van der Waals surface area contributed by atoms with Crippen LogP contribution in [0.4, 0.5) is 5.69 Å². The van der Waals surface area contributed by atoms with Gasteiger partial charge in [-0.05, 0) is 44.0 Å². The van der Waals surface area contributed by atoms with Gasteiger partial charge in [0.25, 0.3) is 11.8 Å². The van der Waals surface area contributed by atoms with Crippen molar-refractivity contribution in [2.45, 2.75) is 64.0 Å². The summed E-state index contributed by atoms with van der Waals surface area (Å²) in [5.41, 5.74) is 2.22. The number of carbonyl (C=O) groups is 3. The molecule has 1 aliphatic heterocycles. The summed E-state index contributed by atoms with van der Waals surface area (Å²) in [6.07, 6.45) is 6.18. The molecule has 1 heterocycles. The molecule has 2 aromatic rings. The molecule has 156 valence electrons. The molecule has 30 heavy (non-hydrogen) atoms. The van der Waals surface area contributed by atoms with Crippen LogP contribution in [-0.4, -0.2) is 34.7 Å². The van der Waals surface area contributed by atoms with E-state index >= 15 is 0 Å². The number of carbonyl (C=O) groups excluding carboxylic acids is 3. The summed E-state index contributed by atoms with van der Waals surface area (Å²) in [5.74, 6) is -0.689. The Morgan fingerprint density at radius 3 is 2.17 bits per heavy atom. The predicted molar refractivity (Wildman–Crippen MR) is 116 cm³/mol. The van der Waals surface area contributed by atoms with Gasteiger partial charge >= 0.3 is 0 Å². The van der Waals surface area contributed by atoms with Crippen LogP contribution in [-0.2, 0) is 9.59 Å². The van der Waals surface area contributed by atoms with E-state index in [0.717, 1.165) is 44.1 Å². The first-order valence-corrected chi connectivity index (χ1v) is 10.9. The second-order valence-corrected chi connectivity index (χ2v) is 8.35. The third-order valence-corrected chi connectivity index (χ3v) is 6.22. The SMILES string of the molecule is Cc1ccc(C(=O)N(C2CCCCCC2)C2CC(=O)N(c3ccccc3)C2=O)cc1. The van der Waals surface area contributed by atoms with Crippen LogP contribution < -0.4 is 4.90 Å². The molecule has 2 fully saturated rings. The second kappa shape index (κ2) is 8.82. The average molecular weight is 405 g/mol. The number of nitrogens with zero attached hydrogens (tertiary/aromatic N) is 2. The first-order valence-electron chi connectivity index (χ1n) is 10.9. The minimum atomic E-state index is -0.741. The molecule has 0 bridgehead atoms. The molecule has 1 atom stereocenters. The molecule has 2 aliphatic rings. The van der Waals surface area contributed by atoms with Gasteiger partial charge in [-0.1, -0.05) is 61.6 Å². The van der Waals surface area contributed by atoms with E-state index in [1.54, 1.807) is 17.0 Å². The van der Waals surface area contributed by atoms with Gasteiger partial charge in [-0.15, -0.1) is 0 Å². The molecular formula is C25H28N2O3. The smallest absolute Gasteiger partial charge is 0.257 e. The number of aryl methyl sites for hydroxylation is 1. The number of hydrogen-bond donors (Lipinski definition) is 0. The van der Waals surface area contributed by atoms with Crippen molar-refractivity contribution in [3.8, 4) is 0 Å². The predicted octanol–water partition coefficient (Wildman–Crippen LogP) is 4.49. The van der Waals surface area contributed by atoms with Crippen LogP contribution in [0, 0.1) is 6.92 Å². The Bertz CT molecular complexity index is 915. The Hall–Kier alpha value is -2.95. The van der Waals surface area contributed by atoms with E-state index in [1.165, 1.54) is 4.90 Å². The number of benzene rings is 2. The molecule has 5 heteroatoms. The monoisotopic (exact) mass is 404 g/mol. The first kappa shape index (κ1) is 20.3. The number of imide groups is 1. The average Bonchev–Trinajstić information content (AvgIpc) is 2.92. The molecule has 5 nitrogen and oxygen atoms in total. The fraction of sp³-hybridized carbons (Fsp3) is 0.400. The molecule has 4 rings (SSSR count). The maximum Gasteiger partial charge on any atom is 0.257 e. The number of rotatable bonds is 4. The van der Waals surface area contributed by atoms with Gasteiger partial charge in [-0.25, -0.2) is 4.90 Å². The lowest BCUT2D eigenvalue weighted by Gasteiger charge is -2.35. The maximum absolute atomic E-state index is 13.6. The van der Waals surface area contributed by atoms with E-state index in [2.05, 4.69) is 0 Å². The van der Waals surface area contributed by atoms with E-state index in [1.807, 2.05) is 49.4 Å². The fourth-order valence-corrected chi connectivity index (χ4v) is 4.62. The highest BCUT2D eigenvalue weighted by Crippen LogP contribution is 2.31. The first-order chi connectivity index (χ1) is 14.6. The Kier molecular flexibility index (Phi) is 5.98. The zero-order chi connectivity index (χ0) is 21.1. The highest BCUT2D eigenvalue weighted by atomic mass is 16.2. The molecular weight excluding hydrogens is 376 g/mol. The van der Waals surface area contributed by atoms with Crippen molar-refractivity contribution in [2.75, 3.05) is 4.90 Å². The maximum atomic E-state index is 13.6. The van der Waals surface area contributed by atoms with Gasteiger partial charge in [-0.2, -0.15) is 0 Å². The van der Waals surface area contributed by atoms with Crippen LogP contribution >= 0.6 is 0 Å². The van der Waals surface area contributed by atoms with Crippen molar-refractivity contribution in [1.29, 1.82) is 0 Å². The van der Waals surface area contributed by atoms with Crippen molar-refractivity contribution in [2.24, 2.45) is 0 Å². The van der Waals surface area contributed by atoms with Crippen LogP contribution in [0.15, 0.2) is 54.6 Å². The van der Waals surface area contributed by atoms with Crippen LogP contribution in [0.25, 0.3) is 0 Å². The number of amides is 3. The van der Waals surface area contributed by atoms with Crippen LogP contribution in [0.5, 0.6) is 0 Å². The van der Waals surface area contributed by atoms with Crippen LogP contribution in [0.3, 0.4) is 0 Å². The van der Waals surface area contributed by atoms with Crippen molar-refractivity contribution >= 4 is 23.4 Å². The lowest BCUT2D eigenvalue weighted by atomic mass is 10.0. The molecule has 3 amide bonds. The highest BCUT2D eigenvalue weighted by molar-refractivity contribution is 6.23. The second-order valence-electron chi connectivity index (χ2n) is 8.35. The summed E-state index contributed by atoms with van der Waals surface area (Å²) in [5, 5.41) is 0. The quantitative estimate of drug-likeness (QED) is 0.557. The molecule has 0 N–H and O–H groups in total. The van der Waals surface area contributed by atoms with Gasteiger partial charge in [-0.3, -0.25) is 14.4 Å². The molecule has 1 saturated heterocycles. The van der Waals surface area contributed by atoms with Gasteiger partial charge in [0.1, 0.15) is 6.04 Å². The van der Waals surface area contributed by atoms with Gasteiger partial charge < -0.3 is 4.90 Å². The van der Waals surface area contributed by atoms with E-state index in [-0.39, 0.29) is 30.2 Å². The van der Waals surface area contributed by atoms with E-state index in [9.17, 15) is 14.4 Å². The Balaban J connectivity index is 1.68. The summed E-state index contributed by atoms with van der Waals surface area (Å²) < 4.78 is 0. The molecule has 1 saturated carbocycles. The topological polar surface area (TPSA) is 57.7 Å². The van der Waals surface area contributed by atoms with Crippen molar-refractivity contribution < 1.29 is 14.4 Å². The van der Waals surface area contributed by atoms with Crippen LogP contribution in [0.2, 0.25) is 0 Å². The molecule has 1 aliphatic carbocycles. The van der Waals surface area contributed by atoms with E-state index < -0.39 is 6.04 Å². The summed E-state index contributed by atoms with van der Waals surface area (Å²) in [7, 11) is 0. The van der Waals surface area contributed by atoms with Crippen molar-refractivity contribution in [1.82, 2.24) is 4.90 Å². The molecule has 0 radical (unpaired) electrons. The van der Waals surface area contributed by atoms with Crippen molar-refractivity contribution in [3.63, 3.8) is 0 Å². The Morgan fingerprint density at radius 2 is 1.53 bits per heavy atom. The fourth-order valence-electron chi connectivity index (χ4n) is 4.62. The normalized spacial score (nSPS) is 20.3. The number of para-hydroxylation sites is 1. The van der Waals surface area contributed by atoms with Gasteiger partial charge in [0.15, 0.2) is 0 Å². The van der Waals surface area contributed by atoms with Gasteiger partial charge in [0, 0.05) is 11.6 Å². The zero-order valence-corrected chi connectivity index (χ0v) is 17.4. The third-order valence-electron chi connectivity index (χ3n) is 6.22. The van der Waals surface area contributed by atoms with Gasteiger partial charge in [0.05, 0.1) is 12.1 Å². The van der Waals surface area contributed by atoms with E-state index in [4.69, 9.17) is 0 Å². The summed E-state index contributed by atoms with van der Waals surface area (Å²) in [6, 6.07) is 15.7. The molecule has 2 aromatic carbocycles. The van der Waals surface area contributed by atoms with E-state index in [0.29, 0.717) is 11.3 Å². The van der Waals surface area contributed by atoms with Crippen LogP contribution in [0.1, 0.15) is 60.9 Å². The molecule has 0 spiro atoms. The Labute approximate surface area is 177 Å². The van der Waals surface area contributed by atoms with Crippen molar-refractivity contribution in [3.05, 3.63) is 65.7 Å². The third kappa shape index (κ3) is 4.02.